The number of nitrogens with one attached hydrogen (secondary N) is 1. The number of para-hydroxylation sites is 1. The predicted molar refractivity (Wildman–Crippen MR) is 81.0 cm³/mol. The predicted octanol–water partition coefficient (Wildman–Crippen LogP) is 2.49. The summed E-state index contributed by atoms with van der Waals surface area (Å²) in [5.74, 6) is -0.0129. The molecule has 0 unspecified atom stereocenters. The summed E-state index contributed by atoms with van der Waals surface area (Å²) >= 11 is 0. The third kappa shape index (κ3) is 3.00. The normalized spacial score (nSPS) is 17.8. The molecule has 1 aromatic carbocycles. The highest BCUT2D eigenvalue weighted by Gasteiger charge is 2.18. The van der Waals surface area contributed by atoms with Crippen LogP contribution in [0.1, 0.15) is 37.7 Å². The smallest absolute Gasteiger partial charge is 0.259 e. The second kappa shape index (κ2) is 6.07. The van der Waals surface area contributed by atoms with Crippen LogP contribution < -0.4 is 10.3 Å². The number of fused-ring (bicyclic) bond motifs is 1. The van der Waals surface area contributed by atoms with Crippen molar-refractivity contribution in [1.29, 1.82) is 0 Å². The van der Waals surface area contributed by atoms with Gasteiger partial charge in [-0.2, -0.15) is 5.10 Å². The molecule has 0 saturated heterocycles. The Morgan fingerprint density at radius 2 is 1.95 bits per heavy atom. The van der Waals surface area contributed by atoms with Crippen molar-refractivity contribution in [1.82, 2.24) is 5.43 Å². The fourth-order valence-electron chi connectivity index (χ4n) is 3.02. The van der Waals surface area contributed by atoms with Gasteiger partial charge in [0, 0.05) is 17.9 Å². The molecule has 0 spiro atoms. The van der Waals surface area contributed by atoms with E-state index in [1.165, 1.54) is 24.1 Å². The van der Waals surface area contributed by atoms with Gasteiger partial charge in [-0.3, -0.25) is 4.79 Å². The standard InChI is InChI=1S/C16H21N3O/c20-16(18-17-14-8-2-3-9-14)12-19-11-5-7-13-6-1-4-10-15(13)19/h1,4,6,10H,2-3,5,7-9,11-12H2,(H,18,20). The van der Waals surface area contributed by atoms with Gasteiger partial charge < -0.3 is 4.90 Å². The molecule has 2 aliphatic rings. The number of aryl methyl sites for hydroxylation is 1. The lowest BCUT2D eigenvalue weighted by atomic mass is 10.0. The van der Waals surface area contributed by atoms with Gasteiger partial charge in [0.15, 0.2) is 0 Å². The minimum absolute atomic E-state index is 0.0129. The molecular weight excluding hydrogens is 250 g/mol. The van der Waals surface area contributed by atoms with E-state index in [-0.39, 0.29) is 5.91 Å². The first-order chi connectivity index (χ1) is 9.83. The van der Waals surface area contributed by atoms with Crippen molar-refractivity contribution in [3.8, 4) is 0 Å². The highest BCUT2D eigenvalue weighted by Crippen LogP contribution is 2.26. The van der Waals surface area contributed by atoms with Crippen LogP contribution in [0.5, 0.6) is 0 Å². The Bertz CT molecular complexity index is 516. The van der Waals surface area contributed by atoms with Crippen molar-refractivity contribution in [2.45, 2.75) is 38.5 Å². The van der Waals surface area contributed by atoms with Crippen LogP contribution in [0.15, 0.2) is 29.4 Å². The average molecular weight is 271 g/mol. The number of benzene rings is 1. The molecule has 0 bridgehead atoms. The number of carbonyl (C=O) groups is 1. The van der Waals surface area contributed by atoms with E-state index in [0.717, 1.165) is 37.9 Å². The SMILES string of the molecule is O=C(CN1CCCc2ccccc21)NN=C1CCCC1. The number of anilines is 1. The minimum Gasteiger partial charge on any atom is -0.362 e. The van der Waals surface area contributed by atoms with E-state index in [0.29, 0.717) is 6.54 Å². The summed E-state index contributed by atoms with van der Waals surface area (Å²) in [6.07, 6.45) is 6.69. The number of hydrazone groups is 1. The number of nitrogens with zero attached hydrogens (tertiary/aromatic N) is 2. The van der Waals surface area contributed by atoms with E-state index in [4.69, 9.17) is 0 Å². The Labute approximate surface area is 119 Å². The molecule has 1 fully saturated rings. The molecule has 1 saturated carbocycles. The first-order valence-electron chi connectivity index (χ1n) is 7.50. The quantitative estimate of drug-likeness (QED) is 0.858. The van der Waals surface area contributed by atoms with E-state index >= 15 is 0 Å². The molecule has 0 aromatic heterocycles. The zero-order valence-corrected chi connectivity index (χ0v) is 11.8. The van der Waals surface area contributed by atoms with Crippen LogP contribution in [0, 0.1) is 0 Å². The minimum atomic E-state index is -0.0129. The molecule has 1 N–H and O–H groups in total. The molecule has 0 radical (unpaired) electrons. The van der Waals surface area contributed by atoms with Crippen molar-refractivity contribution in [3.63, 3.8) is 0 Å². The number of carbonyl (C=O) groups excluding carboxylic acids is 1. The molecule has 1 aromatic rings. The number of hydrogen-bond donors (Lipinski definition) is 1. The Kier molecular flexibility index (Phi) is 4.00. The van der Waals surface area contributed by atoms with Crippen molar-refractivity contribution in [2.24, 2.45) is 5.10 Å². The van der Waals surface area contributed by atoms with E-state index in [1.54, 1.807) is 0 Å². The Morgan fingerprint density at radius 3 is 2.80 bits per heavy atom. The van der Waals surface area contributed by atoms with Crippen LogP contribution in [0.4, 0.5) is 5.69 Å². The first-order valence-corrected chi connectivity index (χ1v) is 7.50. The van der Waals surface area contributed by atoms with Crippen LogP contribution in [-0.4, -0.2) is 24.7 Å². The summed E-state index contributed by atoms with van der Waals surface area (Å²) in [4.78, 5) is 14.2. The van der Waals surface area contributed by atoms with Crippen molar-refractivity contribution >= 4 is 17.3 Å². The molecule has 1 aliphatic carbocycles. The first kappa shape index (κ1) is 13.2. The zero-order valence-electron chi connectivity index (χ0n) is 11.8. The van der Waals surface area contributed by atoms with Crippen LogP contribution >= 0.6 is 0 Å². The fourth-order valence-corrected chi connectivity index (χ4v) is 3.02. The lowest BCUT2D eigenvalue weighted by Gasteiger charge is -2.30. The summed E-state index contributed by atoms with van der Waals surface area (Å²) in [5.41, 5.74) is 6.38. The lowest BCUT2D eigenvalue weighted by Crippen LogP contribution is -2.38. The maximum absolute atomic E-state index is 12.0. The number of amides is 1. The van der Waals surface area contributed by atoms with Crippen molar-refractivity contribution < 1.29 is 4.79 Å². The molecule has 106 valence electrons. The van der Waals surface area contributed by atoms with Crippen LogP contribution in [0.3, 0.4) is 0 Å². The lowest BCUT2D eigenvalue weighted by molar-refractivity contribution is -0.119. The van der Waals surface area contributed by atoms with Gasteiger partial charge in [0.2, 0.25) is 0 Å². The largest absolute Gasteiger partial charge is 0.362 e. The monoisotopic (exact) mass is 271 g/mol. The highest BCUT2D eigenvalue weighted by atomic mass is 16.2. The third-order valence-corrected chi connectivity index (χ3v) is 4.06. The van der Waals surface area contributed by atoms with Gasteiger partial charge in [-0.15, -0.1) is 0 Å². The number of rotatable bonds is 3. The third-order valence-electron chi connectivity index (χ3n) is 4.06. The summed E-state index contributed by atoms with van der Waals surface area (Å²) in [6, 6.07) is 8.35. The molecule has 4 nitrogen and oxygen atoms in total. The van der Waals surface area contributed by atoms with E-state index in [2.05, 4.69) is 33.6 Å². The van der Waals surface area contributed by atoms with Crippen LogP contribution in [0.25, 0.3) is 0 Å². The Hall–Kier alpha value is -1.84. The highest BCUT2D eigenvalue weighted by molar-refractivity contribution is 5.88. The van der Waals surface area contributed by atoms with Crippen molar-refractivity contribution in [3.05, 3.63) is 29.8 Å². The molecule has 0 atom stereocenters. The maximum atomic E-state index is 12.0. The maximum Gasteiger partial charge on any atom is 0.259 e. The van der Waals surface area contributed by atoms with Gasteiger partial charge in [0.1, 0.15) is 0 Å². The topological polar surface area (TPSA) is 44.7 Å². The van der Waals surface area contributed by atoms with Gasteiger partial charge in [0.05, 0.1) is 6.54 Å². The Balaban J connectivity index is 1.60. The zero-order chi connectivity index (χ0) is 13.8. The second-order valence-corrected chi connectivity index (χ2v) is 5.57. The van der Waals surface area contributed by atoms with Gasteiger partial charge in [0.25, 0.3) is 5.91 Å². The Morgan fingerprint density at radius 1 is 1.15 bits per heavy atom. The summed E-state index contributed by atoms with van der Waals surface area (Å²) in [6.45, 7) is 1.34. The van der Waals surface area contributed by atoms with Crippen LogP contribution in [-0.2, 0) is 11.2 Å². The molecule has 1 aliphatic heterocycles. The second-order valence-electron chi connectivity index (χ2n) is 5.57. The van der Waals surface area contributed by atoms with Crippen LogP contribution in [0.2, 0.25) is 0 Å². The van der Waals surface area contributed by atoms with E-state index in [9.17, 15) is 4.79 Å². The van der Waals surface area contributed by atoms with Gasteiger partial charge >= 0.3 is 0 Å². The average Bonchev–Trinajstić information content (AvgIpc) is 2.99. The number of hydrogen-bond acceptors (Lipinski definition) is 3. The summed E-state index contributed by atoms with van der Waals surface area (Å²) < 4.78 is 0. The van der Waals surface area contributed by atoms with Gasteiger partial charge in [-0.05, 0) is 50.2 Å². The van der Waals surface area contributed by atoms with E-state index < -0.39 is 0 Å². The summed E-state index contributed by atoms with van der Waals surface area (Å²) in [5, 5.41) is 4.24. The molecule has 4 heteroatoms. The molecule has 1 amide bonds. The molecular formula is C16H21N3O. The van der Waals surface area contributed by atoms with E-state index in [1.807, 2.05) is 6.07 Å². The van der Waals surface area contributed by atoms with Gasteiger partial charge in [-0.1, -0.05) is 18.2 Å². The molecule has 1 heterocycles. The molecule has 3 rings (SSSR count). The van der Waals surface area contributed by atoms with Crippen molar-refractivity contribution in [2.75, 3.05) is 18.0 Å². The summed E-state index contributed by atoms with van der Waals surface area (Å²) in [7, 11) is 0. The fraction of sp³-hybridized carbons (Fsp3) is 0.500. The van der Waals surface area contributed by atoms with Gasteiger partial charge in [-0.25, -0.2) is 5.43 Å². The molecule has 20 heavy (non-hydrogen) atoms.